The Morgan fingerprint density at radius 1 is 0.889 bits per heavy atom. The molecule has 0 bridgehead atoms. The molecule has 1 aromatic carbocycles. The zero-order chi connectivity index (χ0) is 26.7. The number of rotatable bonds is 15. The minimum atomic E-state index is -1.61. The number of aromatic nitrogens is 1. The number of carboxylic acid groups (broad SMARTS) is 1. The van der Waals surface area contributed by atoms with Crippen LogP contribution >= 0.6 is 0 Å². The lowest BCUT2D eigenvalue weighted by Gasteiger charge is -2.24. The molecule has 13 heteroatoms. The summed E-state index contributed by atoms with van der Waals surface area (Å²) in [6.45, 7) is -1.26. The minimum absolute atomic E-state index is 0.0469. The highest BCUT2D eigenvalue weighted by Crippen LogP contribution is 2.19. The number of aliphatic hydroxyl groups is 2. The van der Waals surface area contributed by atoms with Gasteiger partial charge in [0.05, 0.1) is 19.3 Å². The molecule has 0 spiro atoms. The Balaban J connectivity index is 2.20. The van der Waals surface area contributed by atoms with Crippen molar-refractivity contribution in [3.05, 3.63) is 36.0 Å². The third-order valence-corrected chi connectivity index (χ3v) is 5.65. The van der Waals surface area contributed by atoms with Crippen molar-refractivity contribution < 1.29 is 34.5 Å². The zero-order valence-electron chi connectivity index (χ0n) is 19.8. The van der Waals surface area contributed by atoms with E-state index in [-0.39, 0.29) is 6.42 Å². The maximum absolute atomic E-state index is 13.1. The second-order valence-electron chi connectivity index (χ2n) is 8.34. The fraction of sp³-hybridized carbons (Fsp3) is 0.478. The Bertz CT molecular complexity index is 1040. The van der Waals surface area contributed by atoms with Gasteiger partial charge >= 0.3 is 5.97 Å². The van der Waals surface area contributed by atoms with Crippen LogP contribution in [0.4, 0.5) is 0 Å². The van der Waals surface area contributed by atoms with Crippen molar-refractivity contribution in [2.45, 2.75) is 49.9 Å². The number of hydrogen-bond donors (Lipinski definition) is 9. The van der Waals surface area contributed by atoms with E-state index in [0.29, 0.717) is 25.8 Å². The molecule has 0 saturated heterocycles. The summed E-state index contributed by atoms with van der Waals surface area (Å²) in [5, 5.41) is 35.6. The average Bonchev–Trinajstić information content (AvgIpc) is 3.27. The summed E-state index contributed by atoms with van der Waals surface area (Å²) in [5.41, 5.74) is 13.0. The second kappa shape index (κ2) is 14.1. The first-order valence-electron chi connectivity index (χ1n) is 11.6. The number of H-pyrrole nitrogens is 1. The number of carbonyl (C=O) groups excluding carboxylic acids is 3. The van der Waals surface area contributed by atoms with Gasteiger partial charge in [-0.15, -0.1) is 0 Å². The number of amides is 3. The summed E-state index contributed by atoms with van der Waals surface area (Å²) >= 11 is 0. The van der Waals surface area contributed by atoms with Gasteiger partial charge < -0.3 is 47.7 Å². The molecular formula is C23H34N6O7. The van der Waals surface area contributed by atoms with Crippen molar-refractivity contribution >= 4 is 34.6 Å². The third-order valence-electron chi connectivity index (χ3n) is 5.65. The lowest BCUT2D eigenvalue weighted by molar-refractivity contribution is -0.143. The number of aliphatic carboxylic acids is 1. The van der Waals surface area contributed by atoms with Gasteiger partial charge in [-0.05, 0) is 31.0 Å². The van der Waals surface area contributed by atoms with Gasteiger partial charge in [-0.25, -0.2) is 4.79 Å². The Morgan fingerprint density at radius 3 is 2.14 bits per heavy atom. The fourth-order valence-electron chi connectivity index (χ4n) is 3.57. The molecule has 1 aromatic heterocycles. The van der Waals surface area contributed by atoms with E-state index in [1.54, 1.807) is 6.20 Å². The molecule has 0 radical (unpaired) electrons. The van der Waals surface area contributed by atoms with E-state index in [1.807, 2.05) is 29.6 Å². The van der Waals surface area contributed by atoms with E-state index in [2.05, 4.69) is 15.6 Å². The number of nitrogens with two attached hydrogens (primary N) is 2. The minimum Gasteiger partial charge on any atom is -0.480 e. The summed E-state index contributed by atoms with van der Waals surface area (Å²) < 4.78 is 0. The fourth-order valence-corrected chi connectivity index (χ4v) is 3.57. The second-order valence-corrected chi connectivity index (χ2v) is 8.34. The molecule has 3 amide bonds. The van der Waals surface area contributed by atoms with Crippen molar-refractivity contribution in [3.63, 3.8) is 0 Å². The molecule has 2 aromatic rings. The first kappa shape index (κ1) is 28.7. The summed E-state index contributed by atoms with van der Waals surface area (Å²) in [4.78, 5) is 52.4. The molecule has 4 atom stereocenters. The largest absolute Gasteiger partial charge is 0.480 e. The summed E-state index contributed by atoms with van der Waals surface area (Å²) in [7, 11) is 0. The van der Waals surface area contributed by atoms with Gasteiger partial charge in [0.25, 0.3) is 0 Å². The van der Waals surface area contributed by atoms with Crippen molar-refractivity contribution in [1.29, 1.82) is 0 Å². The number of carboxylic acids is 1. The number of nitrogens with one attached hydrogen (secondary N) is 4. The molecular weight excluding hydrogens is 472 g/mol. The molecule has 0 aliphatic heterocycles. The third kappa shape index (κ3) is 8.02. The average molecular weight is 507 g/mol. The quantitative estimate of drug-likeness (QED) is 0.118. The van der Waals surface area contributed by atoms with E-state index in [4.69, 9.17) is 21.7 Å². The highest BCUT2D eigenvalue weighted by molar-refractivity contribution is 5.95. The van der Waals surface area contributed by atoms with Crippen molar-refractivity contribution in [1.82, 2.24) is 20.9 Å². The number of carbonyl (C=O) groups is 4. The molecule has 11 N–H and O–H groups in total. The van der Waals surface area contributed by atoms with Crippen molar-refractivity contribution in [2.24, 2.45) is 11.5 Å². The van der Waals surface area contributed by atoms with E-state index in [9.17, 15) is 24.3 Å². The number of hydrogen-bond acceptors (Lipinski definition) is 8. The highest BCUT2D eigenvalue weighted by atomic mass is 16.4. The summed E-state index contributed by atoms with van der Waals surface area (Å²) in [5.74, 6) is -3.85. The highest BCUT2D eigenvalue weighted by Gasteiger charge is 2.30. The van der Waals surface area contributed by atoms with Crippen LogP contribution in [0.2, 0.25) is 0 Å². The molecule has 4 unspecified atom stereocenters. The Labute approximate surface area is 207 Å². The monoisotopic (exact) mass is 506 g/mol. The number of para-hydroxylation sites is 1. The van der Waals surface area contributed by atoms with E-state index in [0.717, 1.165) is 16.5 Å². The molecule has 1 heterocycles. The van der Waals surface area contributed by atoms with Crippen LogP contribution in [0.25, 0.3) is 10.9 Å². The van der Waals surface area contributed by atoms with Crippen LogP contribution in [0.15, 0.2) is 30.5 Å². The van der Waals surface area contributed by atoms with Crippen molar-refractivity contribution in [2.75, 3.05) is 19.8 Å². The lowest BCUT2D eigenvalue weighted by atomic mass is 10.0. The smallest absolute Gasteiger partial charge is 0.328 e. The normalized spacial score (nSPS) is 14.4. The first-order valence-corrected chi connectivity index (χ1v) is 11.6. The van der Waals surface area contributed by atoms with Crippen LogP contribution in [0.3, 0.4) is 0 Å². The summed E-state index contributed by atoms with van der Waals surface area (Å²) in [6.07, 6.45) is 3.44. The van der Waals surface area contributed by atoms with Gasteiger partial charge in [-0.1, -0.05) is 24.6 Å². The van der Waals surface area contributed by atoms with Crippen molar-refractivity contribution in [3.8, 4) is 0 Å². The first-order chi connectivity index (χ1) is 17.2. The van der Waals surface area contributed by atoms with Gasteiger partial charge in [0.15, 0.2) is 0 Å². The van der Waals surface area contributed by atoms with Crippen LogP contribution in [0.1, 0.15) is 24.8 Å². The Hall–Kier alpha value is -3.52. The molecule has 36 heavy (non-hydrogen) atoms. The topological polar surface area (TPSA) is 233 Å². The predicted molar refractivity (Wildman–Crippen MR) is 130 cm³/mol. The molecule has 0 fully saturated rings. The van der Waals surface area contributed by atoms with Crippen LogP contribution in [0, 0.1) is 0 Å². The number of benzene rings is 1. The van der Waals surface area contributed by atoms with E-state index in [1.165, 1.54) is 0 Å². The van der Waals surface area contributed by atoms with E-state index < -0.39 is 61.1 Å². The van der Waals surface area contributed by atoms with Gasteiger partial charge in [0.2, 0.25) is 17.7 Å². The number of aromatic amines is 1. The van der Waals surface area contributed by atoms with Gasteiger partial charge in [-0.2, -0.15) is 0 Å². The Morgan fingerprint density at radius 2 is 1.50 bits per heavy atom. The maximum Gasteiger partial charge on any atom is 0.328 e. The SMILES string of the molecule is NCCCCC(N)C(=O)NC(Cc1c[nH]c2ccccc12)C(=O)NC(CO)C(=O)NC(CO)C(=O)O. The van der Waals surface area contributed by atoms with Crippen LogP contribution in [0.5, 0.6) is 0 Å². The van der Waals surface area contributed by atoms with Gasteiger partial charge in [0, 0.05) is 23.5 Å². The van der Waals surface area contributed by atoms with E-state index >= 15 is 0 Å². The molecule has 0 aliphatic carbocycles. The standard InChI is InChI=1S/C23H34N6O7/c24-8-4-3-6-15(25)20(32)27-17(9-13-10-26-16-7-2-1-5-14(13)16)21(33)28-18(11-30)22(34)29-19(12-31)23(35)36/h1-2,5,7,10,15,17-19,26,30-31H,3-4,6,8-9,11-12,24-25H2,(H,27,32)(H,28,33)(H,29,34)(H,35,36). The van der Waals surface area contributed by atoms with Gasteiger partial charge in [-0.3, -0.25) is 14.4 Å². The molecule has 13 nitrogen and oxygen atoms in total. The van der Waals surface area contributed by atoms with Crippen LogP contribution < -0.4 is 27.4 Å². The molecule has 0 saturated carbocycles. The number of fused-ring (bicyclic) bond motifs is 1. The molecule has 198 valence electrons. The predicted octanol–water partition coefficient (Wildman–Crippen LogP) is -2.31. The molecule has 0 aliphatic rings. The zero-order valence-corrected chi connectivity index (χ0v) is 19.8. The maximum atomic E-state index is 13.1. The Kier molecular flexibility index (Phi) is 11.3. The number of unbranched alkanes of at least 4 members (excludes halogenated alkanes) is 1. The van der Waals surface area contributed by atoms with Crippen LogP contribution in [-0.4, -0.2) is 87.9 Å². The molecule has 2 rings (SSSR count). The summed E-state index contributed by atoms with van der Waals surface area (Å²) in [6, 6.07) is 2.19. The number of aliphatic hydroxyl groups excluding tert-OH is 2. The lowest BCUT2D eigenvalue weighted by Crippen LogP contribution is -2.58. The van der Waals surface area contributed by atoms with Gasteiger partial charge in [0.1, 0.15) is 18.1 Å². The van der Waals surface area contributed by atoms with Crippen LogP contribution in [-0.2, 0) is 25.6 Å².